The molecular weight excluding hydrogens is 168 g/mol. The van der Waals surface area contributed by atoms with Gasteiger partial charge in [0.05, 0.1) is 11.8 Å². The summed E-state index contributed by atoms with van der Waals surface area (Å²) in [4.78, 5) is 13.3. The van der Waals surface area contributed by atoms with E-state index in [9.17, 15) is 4.79 Å². The number of carbonyl (C=O) groups excluding carboxylic acids is 1. The summed E-state index contributed by atoms with van der Waals surface area (Å²) in [6, 6.07) is 0.153. The van der Waals surface area contributed by atoms with Crippen molar-refractivity contribution in [2.24, 2.45) is 12.8 Å². The second kappa shape index (κ2) is 2.85. The molecule has 70 valence electrons. The molecule has 5 heteroatoms. The minimum absolute atomic E-state index is 0.0230. The molecule has 1 aliphatic heterocycles. The van der Waals surface area contributed by atoms with Crippen LogP contribution in [0.2, 0.25) is 0 Å². The highest BCUT2D eigenvalue weighted by atomic mass is 16.2. The Labute approximate surface area is 76.1 Å². The molecule has 0 saturated carbocycles. The van der Waals surface area contributed by atoms with Crippen molar-refractivity contribution in [2.45, 2.75) is 6.04 Å². The molecule has 1 aromatic rings. The molecule has 0 atom stereocenters. The zero-order valence-corrected chi connectivity index (χ0v) is 7.47. The van der Waals surface area contributed by atoms with Gasteiger partial charge in [0.25, 0.3) is 5.91 Å². The van der Waals surface area contributed by atoms with Crippen molar-refractivity contribution in [3.8, 4) is 0 Å². The Morgan fingerprint density at radius 1 is 1.69 bits per heavy atom. The molecule has 0 aliphatic carbocycles. The van der Waals surface area contributed by atoms with Gasteiger partial charge in [0.2, 0.25) is 0 Å². The lowest BCUT2D eigenvalue weighted by Gasteiger charge is -2.36. The first-order valence-corrected chi connectivity index (χ1v) is 4.20. The van der Waals surface area contributed by atoms with Crippen LogP contribution < -0.4 is 5.73 Å². The number of hydrogen-bond acceptors (Lipinski definition) is 3. The van der Waals surface area contributed by atoms with Crippen LogP contribution in [0, 0.1) is 0 Å². The highest BCUT2D eigenvalue weighted by molar-refractivity contribution is 5.94. The third kappa shape index (κ3) is 1.42. The molecule has 1 fully saturated rings. The van der Waals surface area contributed by atoms with Crippen molar-refractivity contribution in [1.29, 1.82) is 0 Å². The summed E-state index contributed by atoms with van der Waals surface area (Å²) in [5.74, 6) is 0.0230. The number of aryl methyl sites for hydroxylation is 1. The Morgan fingerprint density at radius 3 is 2.85 bits per heavy atom. The highest BCUT2D eigenvalue weighted by Gasteiger charge is 2.28. The summed E-state index contributed by atoms with van der Waals surface area (Å²) in [5, 5.41) is 3.94. The van der Waals surface area contributed by atoms with E-state index in [1.54, 1.807) is 29.0 Å². The van der Waals surface area contributed by atoms with E-state index >= 15 is 0 Å². The lowest BCUT2D eigenvalue weighted by atomic mass is 10.1. The van der Waals surface area contributed by atoms with Crippen molar-refractivity contribution >= 4 is 5.91 Å². The van der Waals surface area contributed by atoms with Gasteiger partial charge in [-0.05, 0) is 0 Å². The van der Waals surface area contributed by atoms with E-state index < -0.39 is 0 Å². The molecule has 0 aromatic carbocycles. The van der Waals surface area contributed by atoms with Crippen molar-refractivity contribution < 1.29 is 4.79 Å². The first-order chi connectivity index (χ1) is 6.16. The highest BCUT2D eigenvalue weighted by Crippen LogP contribution is 2.10. The van der Waals surface area contributed by atoms with Crippen LogP contribution in [0.15, 0.2) is 12.4 Å². The van der Waals surface area contributed by atoms with E-state index in [1.807, 2.05) is 0 Å². The SMILES string of the molecule is Cn1cc(C(=O)N2CC(N)C2)cn1. The van der Waals surface area contributed by atoms with Crippen LogP contribution in [0.4, 0.5) is 0 Å². The van der Waals surface area contributed by atoms with Crippen LogP contribution in [0.5, 0.6) is 0 Å². The summed E-state index contributed by atoms with van der Waals surface area (Å²) < 4.78 is 1.62. The Morgan fingerprint density at radius 2 is 2.38 bits per heavy atom. The van der Waals surface area contributed by atoms with Gasteiger partial charge >= 0.3 is 0 Å². The molecule has 0 unspecified atom stereocenters. The Hall–Kier alpha value is -1.36. The van der Waals surface area contributed by atoms with Crippen molar-refractivity contribution in [1.82, 2.24) is 14.7 Å². The topological polar surface area (TPSA) is 64.2 Å². The largest absolute Gasteiger partial charge is 0.335 e. The maximum atomic E-state index is 11.6. The lowest BCUT2D eigenvalue weighted by molar-refractivity contribution is 0.0608. The van der Waals surface area contributed by atoms with Crippen LogP contribution in [0.1, 0.15) is 10.4 Å². The smallest absolute Gasteiger partial charge is 0.257 e. The van der Waals surface area contributed by atoms with Gasteiger partial charge in [-0.25, -0.2) is 0 Å². The van der Waals surface area contributed by atoms with Gasteiger partial charge in [-0.2, -0.15) is 5.10 Å². The second-order valence-electron chi connectivity index (χ2n) is 3.37. The fraction of sp³-hybridized carbons (Fsp3) is 0.500. The van der Waals surface area contributed by atoms with Crippen molar-refractivity contribution in [3.63, 3.8) is 0 Å². The Bertz CT molecular complexity index is 327. The molecule has 0 bridgehead atoms. The normalized spacial score (nSPS) is 17.2. The molecule has 1 amide bonds. The van der Waals surface area contributed by atoms with Gasteiger partial charge in [0, 0.05) is 32.4 Å². The molecular formula is C8H12N4O. The van der Waals surface area contributed by atoms with E-state index in [0.29, 0.717) is 18.7 Å². The predicted molar refractivity (Wildman–Crippen MR) is 47.1 cm³/mol. The Balaban J connectivity index is 2.06. The van der Waals surface area contributed by atoms with Crippen molar-refractivity contribution in [3.05, 3.63) is 18.0 Å². The summed E-state index contributed by atoms with van der Waals surface area (Å²) in [6.45, 7) is 1.32. The number of nitrogens with zero attached hydrogens (tertiary/aromatic N) is 3. The first kappa shape index (κ1) is 8.25. The van der Waals surface area contributed by atoms with Gasteiger partial charge in [0.1, 0.15) is 0 Å². The van der Waals surface area contributed by atoms with Crippen LogP contribution in [-0.4, -0.2) is 39.7 Å². The van der Waals surface area contributed by atoms with Crippen LogP contribution in [0.25, 0.3) is 0 Å². The summed E-state index contributed by atoms with van der Waals surface area (Å²) in [6.07, 6.45) is 3.29. The van der Waals surface area contributed by atoms with E-state index in [0.717, 1.165) is 0 Å². The number of amides is 1. The molecule has 0 spiro atoms. The summed E-state index contributed by atoms with van der Waals surface area (Å²) in [7, 11) is 1.79. The molecule has 1 saturated heterocycles. The minimum atomic E-state index is 0.0230. The molecule has 1 aliphatic rings. The molecule has 1 aromatic heterocycles. The van der Waals surface area contributed by atoms with E-state index in [1.165, 1.54) is 0 Å². The summed E-state index contributed by atoms with van der Waals surface area (Å²) in [5.41, 5.74) is 6.21. The number of rotatable bonds is 1. The molecule has 13 heavy (non-hydrogen) atoms. The average Bonchev–Trinajstić information content (AvgIpc) is 2.45. The Kier molecular flexibility index (Phi) is 1.81. The first-order valence-electron chi connectivity index (χ1n) is 4.20. The molecule has 2 heterocycles. The third-order valence-electron chi connectivity index (χ3n) is 2.15. The number of hydrogen-bond donors (Lipinski definition) is 1. The average molecular weight is 180 g/mol. The number of likely N-dealkylation sites (tertiary alicyclic amines) is 1. The molecule has 2 N–H and O–H groups in total. The predicted octanol–water partition coefficient (Wildman–Crippen LogP) is -0.797. The van der Waals surface area contributed by atoms with Gasteiger partial charge in [-0.3, -0.25) is 9.48 Å². The number of aromatic nitrogens is 2. The van der Waals surface area contributed by atoms with E-state index in [4.69, 9.17) is 5.73 Å². The van der Waals surface area contributed by atoms with Gasteiger partial charge in [-0.15, -0.1) is 0 Å². The maximum absolute atomic E-state index is 11.6. The van der Waals surface area contributed by atoms with E-state index in [-0.39, 0.29) is 11.9 Å². The summed E-state index contributed by atoms with van der Waals surface area (Å²) >= 11 is 0. The number of carbonyl (C=O) groups is 1. The fourth-order valence-corrected chi connectivity index (χ4v) is 1.39. The van der Waals surface area contributed by atoms with Gasteiger partial charge in [0.15, 0.2) is 0 Å². The second-order valence-corrected chi connectivity index (χ2v) is 3.37. The van der Waals surface area contributed by atoms with Crippen molar-refractivity contribution in [2.75, 3.05) is 13.1 Å². The molecule has 2 rings (SSSR count). The third-order valence-corrected chi connectivity index (χ3v) is 2.15. The quantitative estimate of drug-likeness (QED) is 0.615. The van der Waals surface area contributed by atoms with Gasteiger partial charge < -0.3 is 10.6 Å². The van der Waals surface area contributed by atoms with Crippen LogP contribution in [-0.2, 0) is 7.05 Å². The van der Waals surface area contributed by atoms with Crippen LogP contribution in [0.3, 0.4) is 0 Å². The number of nitrogens with two attached hydrogens (primary N) is 1. The van der Waals surface area contributed by atoms with Crippen LogP contribution >= 0.6 is 0 Å². The maximum Gasteiger partial charge on any atom is 0.257 e. The monoisotopic (exact) mass is 180 g/mol. The molecule has 5 nitrogen and oxygen atoms in total. The van der Waals surface area contributed by atoms with E-state index in [2.05, 4.69) is 5.10 Å². The zero-order valence-electron chi connectivity index (χ0n) is 7.47. The minimum Gasteiger partial charge on any atom is -0.335 e. The zero-order chi connectivity index (χ0) is 9.42. The van der Waals surface area contributed by atoms with Gasteiger partial charge in [-0.1, -0.05) is 0 Å². The standard InChI is InChI=1S/C8H12N4O/c1-11-3-6(2-10-11)8(13)12-4-7(9)5-12/h2-3,7H,4-5,9H2,1H3. The fourth-order valence-electron chi connectivity index (χ4n) is 1.39. The molecule has 0 radical (unpaired) electrons. The lowest BCUT2D eigenvalue weighted by Crippen LogP contribution is -2.57.